The van der Waals surface area contributed by atoms with Gasteiger partial charge in [0.1, 0.15) is 0 Å². The molecule has 1 aromatic heterocycles. The number of ketones is 1. The Morgan fingerprint density at radius 3 is 2.64 bits per heavy atom. The molecular formula is C22H20BrNO. The molecule has 3 rings (SSSR count). The van der Waals surface area contributed by atoms with Crippen molar-refractivity contribution in [3.8, 4) is 0 Å². The van der Waals surface area contributed by atoms with E-state index in [1.807, 2.05) is 54.1 Å². The minimum Gasteiger partial charge on any atom is -0.341 e. The molecule has 0 amide bonds. The third kappa shape index (κ3) is 4.37. The van der Waals surface area contributed by atoms with Crippen LogP contribution in [0.1, 0.15) is 32.7 Å². The number of halogens is 1. The molecule has 0 atom stereocenters. The van der Waals surface area contributed by atoms with Gasteiger partial charge in [-0.25, -0.2) is 0 Å². The molecule has 0 saturated carbocycles. The second-order valence-corrected chi connectivity index (χ2v) is 6.58. The van der Waals surface area contributed by atoms with Gasteiger partial charge in [0.15, 0.2) is 0 Å². The first-order valence-electron chi connectivity index (χ1n) is 8.25. The van der Waals surface area contributed by atoms with Gasteiger partial charge in [-0.05, 0) is 30.2 Å². The number of aromatic nitrogens is 1. The standard InChI is InChI=1S/C22H20BrNO/c1-17-9-11-20(12-10-17)22(25)21-8-4-14-24(21)13-3-7-18-5-2-6-19(15-18)16-23/h2-12,14-15H,13,16H2,1H3/b7-3+. The maximum absolute atomic E-state index is 12.7. The van der Waals surface area contributed by atoms with Crippen molar-refractivity contribution in [2.75, 3.05) is 0 Å². The smallest absolute Gasteiger partial charge is 0.209 e. The lowest BCUT2D eigenvalue weighted by molar-refractivity contribution is 0.103. The van der Waals surface area contributed by atoms with Gasteiger partial charge >= 0.3 is 0 Å². The van der Waals surface area contributed by atoms with E-state index in [1.165, 1.54) is 5.56 Å². The van der Waals surface area contributed by atoms with Gasteiger partial charge in [-0.1, -0.05) is 82.2 Å². The lowest BCUT2D eigenvalue weighted by Gasteiger charge is -2.06. The van der Waals surface area contributed by atoms with Crippen LogP contribution >= 0.6 is 15.9 Å². The highest BCUT2D eigenvalue weighted by Crippen LogP contribution is 2.14. The molecule has 0 spiro atoms. The van der Waals surface area contributed by atoms with Crippen LogP contribution in [-0.4, -0.2) is 10.4 Å². The van der Waals surface area contributed by atoms with E-state index in [1.54, 1.807) is 0 Å². The minimum atomic E-state index is 0.0553. The summed E-state index contributed by atoms with van der Waals surface area (Å²) in [4.78, 5) is 12.7. The lowest BCUT2D eigenvalue weighted by atomic mass is 10.1. The fourth-order valence-corrected chi connectivity index (χ4v) is 3.06. The van der Waals surface area contributed by atoms with Crippen molar-refractivity contribution in [3.63, 3.8) is 0 Å². The van der Waals surface area contributed by atoms with Gasteiger partial charge in [-0.15, -0.1) is 0 Å². The summed E-state index contributed by atoms with van der Waals surface area (Å²) in [5, 5.41) is 0.849. The quantitative estimate of drug-likeness (QED) is 0.392. The van der Waals surface area contributed by atoms with E-state index in [9.17, 15) is 4.79 Å². The molecule has 0 N–H and O–H groups in total. The SMILES string of the molecule is Cc1ccc(C(=O)c2cccn2C/C=C/c2cccc(CBr)c2)cc1. The summed E-state index contributed by atoms with van der Waals surface area (Å²) in [5.41, 5.74) is 5.00. The van der Waals surface area contributed by atoms with Crippen LogP contribution in [0.2, 0.25) is 0 Å². The largest absolute Gasteiger partial charge is 0.341 e. The van der Waals surface area contributed by atoms with E-state index in [0.29, 0.717) is 12.2 Å². The molecule has 0 saturated heterocycles. The topological polar surface area (TPSA) is 22.0 Å². The Balaban J connectivity index is 1.74. The predicted molar refractivity (Wildman–Crippen MR) is 107 cm³/mol. The van der Waals surface area contributed by atoms with Crippen LogP contribution in [0.5, 0.6) is 0 Å². The summed E-state index contributed by atoms with van der Waals surface area (Å²) in [6, 6.07) is 19.9. The molecule has 126 valence electrons. The number of hydrogen-bond acceptors (Lipinski definition) is 1. The number of carbonyl (C=O) groups is 1. The Morgan fingerprint density at radius 1 is 1.08 bits per heavy atom. The Bertz CT molecular complexity index is 890. The highest BCUT2D eigenvalue weighted by Gasteiger charge is 2.12. The Hall–Kier alpha value is -2.39. The highest BCUT2D eigenvalue weighted by molar-refractivity contribution is 9.08. The molecule has 1 heterocycles. The predicted octanol–water partition coefficient (Wildman–Crippen LogP) is 5.64. The molecule has 0 aliphatic carbocycles. The number of hydrogen-bond donors (Lipinski definition) is 0. The van der Waals surface area contributed by atoms with Crippen LogP contribution in [0.25, 0.3) is 6.08 Å². The van der Waals surface area contributed by atoms with Crippen molar-refractivity contribution in [1.82, 2.24) is 4.57 Å². The fraction of sp³-hybridized carbons (Fsp3) is 0.136. The first-order valence-corrected chi connectivity index (χ1v) is 9.37. The van der Waals surface area contributed by atoms with Gasteiger partial charge in [0.2, 0.25) is 5.78 Å². The summed E-state index contributed by atoms with van der Waals surface area (Å²) in [6.07, 6.45) is 6.12. The van der Waals surface area contributed by atoms with Crippen LogP contribution in [0.3, 0.4) is 0 Å². The van der Waals surface area contributed by atoms with E-state index in [2.05, 4.69) is 52.3 Å². The lowest BCUT2D eigenvalue weighted by Crippen LogP contribution is -2.09. The first kappa shape index (κ1) is 17.4. The van der Waals surface area contributed by atoms with Crippen LogP contribution in [0, 0.1) is 6.92 Å². The molecule has 0 unspecified atom stereocenters. The molecule has 0 aliphatic rings. The van der Waals surface area contributed by atoms with Crippen molar-refractivity contribution < 1.29 is 4.79 Å². The van der Waals surface area contributed by atoms with Gasteiger partial charge < -0.3 is 4.57 Å². The molecule has 2 aromatic carbocycles. The van der Waals surface area contributed by atoms with Gasteiger partial charge in [0, 0.05) is 23.6 Å². The number of allylic oxidation sites excluding steroid dienone is 1. The van der Waals surface area contributed by atoms with Crippen molar-refractivity contribution in [2.45, 2.75) is 18.8 Å². The van der Waals surface area contributed by atoms with E-state index in [-0.39, 0.29) is 5.78 Å². The number of benzene rings is 2. The second-order valence-electron chi connectivity index (χ2n) is 6.02. The van der Waals surface area contributed by atoms with E-state index in [4.69, 9.17) is 0 Å². The van der Waals surface area contributed by atoms with Crippen molar-refractivity contribution in [1.29, 1.82) is 0 Å². The van der Waals surface area contributed by atoms with Crippen molar-refractivity contribution in [2.24, 2.45) is 0 Å². The summed E-state index contributed by atoms with van der Waals surface area (Å²) >= 11 is 3.48. The Kier molecular flexibility index (Phi) is 5.67. The summed E-state index contributed by atoms with van der Waals surface area (Å²) < 4.78 is 1.98. The maximum Gasteiger partial charge on any atom is 0.209 e. The van der Waals surface area contributed by atoms with Crippen LogP contribution < -0.4 is 0 Å². The Labute approximate surface area is 156 Å². The van der Waals surface area contributed by atoms with Crippen LogP contribution in [-0.2, 0) is 11.9 Å². The molecule has 25 heavy (non-hydrogen) atoms. The summed E-state index contributed by atoms with van der Waals surface area (Å²) in [6.45, 7) is 2.69. The minimum absolute atomic E-state index is 0.0553. The normalized spacial score (nSPS) is 11.1. The zero-order valence-corrected chi connectivity index (χ0v) is 15.7. The molecular weight excluding hydrogens is 374 g/mol. The molecule has 3 heteroatoms. The van der Waals surface area contributed by atoms with Crippen molar-refractivity contribution >= 4 is 27.8 Å². The average Bonchev–Trinajstić information content (AvgIpc) is 3.10. The monoisotopic (exact) mass is 393 g/mol. The van der Waals surface area contributed by atoms with Gasteiger partial charge in [-0.2, -0.15) is 0 Å². The fourth-order valence-electron chi connectivity index (χ4n) is 2.71. The van der Waals surface area contributed by atoms with E-state index >= 15 is 0 Å². The Morgan fingerprint density at radius 2 is 1.88 bits per heavy atom. The highest BCUT2D eigenvalue weighted by atomic mass is 79.9. The zero-order valence-electron chi connectivity index (χ0n) is 14.2. The third-order valence-corrected chi connectivity index (χ3v) is 4.74. The molecule has 0 bridgehead atoms. The van der Waals surface area contributed by atoms with Crippen LogP contribution in [0.4, 0.5) is 0 Å². The number of alkyl halides is 1. The second kappa shape index (κ2) is 8.13. The average molecular weight is 394 g/mol. The first-order chi connectivity index (χ1) is 12.2. The number of rotatable bonds is 6. The van der Waals surface area contributed by atoms with Gasteiger partial charge in [0.05, 0.1) is 5.69 Å². The maximum atomic E-state index is 12.7. The summed E-state index contributed by atoms with van der Waals surface area (Å²) in [7, 11) is 0. The molecule has 0 fully saturated rings. The molecule has 0 radical (unpaired) electrons. The van der Waals surface area contributed by atoms with Gasteiger partial charge in [-0.3, -0.25) is 4.79 Å². The van der Waals surface area contributed by atoms with Crippen LogP contribution in [0.15, 0.2) is 72.9 Å². The van der Waals surface area contributed by atoms with E-state index in [0.717, 1.165) is 22.0 Å². The third-order valence-electron chi connectivity index (χ3n) is 4.09. The van der Waals surface area contributed by atoms with E-state index < -0.39 is 0 Å². The molecule has 2 nitrogen and oxygen atoms in total. The molecule has 0 aliphatic heterocycles. The molecule has 3 aromatic rings. The van der Waals surface area contributed by atoms with Crippen molar-refractivity contribution in [3.05, 3.63) is 101 Å². The number of aryl methyl sites for hydroxylation is 1. The van der Waals surface area contributed by atoms with Gasteiger partial charge in [0.25, 0.3) is 0 Å². The number of carbonyl (C=O) groups excluding carboxylic acids is 1. The number of nitrogens with zero attached hydrogens (tertiary/aromatic N) is 1. The zero-order chi connectivity index (χ0) is 17.6. The summed E-state index contributed by atoms with van der Waals surface area (Å²) in [5.74, 6) is 0.0553.